The van der Waals surface area contributed by atoms with Gasteiger partial charge >= 0.3 is 5.97 Å². The SMILES string of the molecule is C=CC(=O)OCCC(C)C(O)C(C)(CC)CO. The standard InChI is InChI=1S/C13H24O4/c1-5-11(15)17-8-7-10(3)12(16)13(4,6-2)9-14/h5,10,12,14,16H,1,6-9H2,2-4H3. The highest BCUT2D eigenvalue weighted by molar-refractivity contribution is 5.81. The lowest BCUT2D eigenvalue weighted by molar-refractivity contribution is -0.138. The Kier molecular flexibility index (Phi) is 7.07. The van der Waals surface area contributed by atoms with Gasteiger partial charge in [-0.15, -0.1) is 0 Å². The lowest BCUT2D eigenvalue weighted by Crippen LogP contribution is -2.40. The molecule has 0 rings (SSSR count). The normalized spacial score (nSPS) is 17.9. The van der Waals surface area contributed by atoms with Crippen LogP contribution in [0.3, 0.4) is 0 Å². The highest BCUT2D eigenvalue weighted by Crippen LogP contribution is 2.31. The van der Waals surface area contributed by atoms with Crippen LogP contribution in [0.2, 0.25) is 0 Å². The van der Waals surface area contributed by atoms with Crippen molar-refractivity contribution in [3.63, 3.8) is 0 Å². The first-order valence-corrected chi connectivity index (χ1v) is 5.99. The summed E-state index contributed by atoms with van der Waals surface area (Å²) in [5.74, 6) is -0.489. The molecule has 0 aromatic carbocycles. The molecule has 17 heavy (non-hydrogen) atoms. The van der Waals surface area contributed by atoms with Crippen LogP contribution in [0.15, 0.2) is 12.7 Å². The molecule has 2 N–H and O–H groups in total. The molecule has 0 radical (unpaired) electrons. The van der Waals surface area contributed by atoms with Gasteiger partial charge in [0.15, 0.2) is 0 Å². The van der Waals surface area contributed by atoms with E-state index in [4.69, 9.17) is 4.74 Å². The molecule has 0 spiro atoms. The zero-order chi connectivity index (χ0) is 13.5. The summed E-state index contributed by atoms with van der Waals surface area (Å²) < 4.78 is 4.86. The van der Waals surface area contributed by atoms with Crippen LogP contribution in [0, 0.1) is 11.3 Å². The number of ether oxygens (including phenoxy) is 1. The van der Waals surface area contributed by atoms with Gasteiger partial charge in [0, 0.05) is 11.5 Å². The first-order valence-electron chi connectivity index (χ1n) is 5.99. The van der Waals surface area contributed by atoms with Crippen LogP contribution in [0.5, 0.6) is 0 Å². The highest BCUT2D eigenvalue weighted by atomic mass is 16.5. The van der Waals surface area contributed by atoms with Gasteiger partial charge in [-0.3, -0.25) is 0 Å². The van der Waals surface area contributed by atoms with E-state index < -0.39 is 17.5 Å². The smallest absolute Gasteiger partial charge is 0.330 e. The molecule has 3 atom stereocenters. The Bertz CT molecular complexity index is 246. The summed E-state index contributed by atoms with van der Waals surface area (Å²) in [6, 6.07) is 0. The molecule has 0 amide bonds. The summed E-state index contributed by atoms with van der Waals surface area (Å²) in [6.07, 6.45) is 1.77. The Morgan fingerprint density at radius 1 is 1.59 bits per heavy atom. The van der Waals surface area contributed by atoms with E-state index >= 15 is 0 Å². The third-order valence-electron chi connectivity index (χ3n) is 3.41. The van der Waals surface area contributed by atoms with Crippen molar-refractivity contribution in [1.82, 2.24) is 0 Å². The number of aliphatic hydroxyl groups excluding tert-OH is 2. The Morgan fingerprint density at radius 3 is 2.59 bits per heavy atom. The third kappa shape index (κ3) is 4.88. The predicted octanol–water partition coefficient (Wildman–Crippen LogP) is 1.51. The van der Waals surface area contributed by atoms with Gasteiger partial charge in [0.05, 0.1) is 19.3 Å². The fourth-order valence-corrected chi connectivity index (χ4v) is 1.66. The Labute approximate surface area is 103 Å². The number of hydrogen-bond acceptors (Lipinski definition) is 4. The highest BCUT2D eigenvalue weighted by Gasteiger charge is 2.34. The molecule has 0 aromatic rings. The van der Waals surface area contributed by atoms with E-state index in [1.54, 1.807) is 0 Å². The van der Waals surface area contributed by atoms with Crippen molar-refractivity contribution in [2.45, 2.75) is 39.7 Å². The molecule has 4 heteroatoms. The second-order valence-electron chi connectivity index (χ2n) is 4.75. The van der Waals surface area contributed by atoms with Crippen LogP contribution in [0.4, 0.5) is 0 Å². The summed E-state index contributed by atoms with van der Waals surface area (Å²) in [4.78, 5) is 10.8. The van der Waals surface area contributed by atoms with E-state index in [0.717, 1.165) is 6.08 Å². The molecule has 0 fully saturated rings. The van der Waals surface area contributed by atoms with E-state index in [9.17, 15) is 15.0 Å². The molecule has 0 aliphatic heterocycles. The monoisotopic (exact) mass is 244 g/mol. The third-order valence-corrected chi connectivity index (χ3v) is 3.41. The minimum atomic E-state index is -0.611. The second-order valence-corrected chi connectivity index (χ2v) is 4.75. The second kappa shape index (κ2) is 7.45. The molecule has 100 valence electrons. The number of carbonyl (C=O) groups excluding carboxylic acids is 1. The molecule has 0 bridgehead atoms. The van der Waals surface area contributed by atoms with Gasteiger partial charge in [-0.2, -0.15) is 0 Å². The minimum absolute atomic E-state index is 0.0373. The van der Waals surface area contributed by atoms with Crippen LogP contribution >= 0.6 is 0 Å². The van der Waals surface area contributed by atoms with E-state index in [1.165, 1.54) is 0 Å². The quantitative estimate of drug-likeness (QED) is 0.502. The summed E-state index contributed by atoms with van der Waals surface area (Å²) in [7, 11) is 0. The van der Waals surface area contributed by atoms with Crippen molar-refractivity contribution in [1.29, 1.82) is 0 Å². The Hall–Kier alpha value is -0.870. The van der Waals surface area contributed by atoms with Crippen molar-refractivity contribution in [3.05, 3.63) is 12.7 Å². The lowest BCUT2D eigenvalue weighted by atomic mass is 9.76. The average molecular weight is 244 g/mol. The maximum atomic E-state index is 10.8. The van der Waals surface area contributed by atoms with Gasteiger partial charge in [0.25, 0.3) is 0 Å². The Balaban J connectivity index is 4.17. The number of aliphatic hydroxyl groups is 2. The summed E-state index contributed by atoms with van der Waals surface area (Å²) in [5.41, 5.74) is -0.498. The van der Waals surface area contributed by atoms with Crippen LogP contribution in [-0.2, 0) is 9.53 Å². The van der Waals surface area contributed by atoms with E-state index in [-0.39, 0.29) is 19.1 Å². The van der Waals surface area contributed by atoms with E-state index in [2.05, 4.69) is 6.58 Å². The van der Waals surface area contributed by atoms with Crippen molar-refractivity contribution in [3.8, 4) is 0 Å². The maximum absolute atomic E-state index is 10.8. The Morgan fingerprint density at radius 2 is 2.18 bits per heavy atom. The zero-order valence-corrected chi connectivity index (χ0v) is 11.0. The zero-order valence-electron chi connectivity index (χ0n) is 11.0. The van der Waals surface area contributed by atoms with Crippen molar-refractivity contribution < 1.29 is 19.7 Å². The van der Waals surface area contributed by atoms with Crippen LogP contribution in [0.1, 0.15) is 33.6 Å². The van der Waals surface area contributed by atoms with Crippen molar-refractivity contribution in [2.24, 2.45) is 11.3 Å². The van der Waals surface area contributed by atoms with E-state index in [0.29, 0.717) is 12.8 Å². The fraction of sp³-hybridized carbons (Fsp3) is 0.769. The summed E-state index contributed by atoms with van der Waals surface area (Å²) >= 11 is 0. The largest absolute Gasteiger partial charge is 0.463 e. The molecule has 0 aliphatic rings. The molecule has 0 heterocycles. The first kappa shape index (κ1) is 16.1. The number of rotatable bonds is 8. The molecular weight excluding hydrogens is 220 g/mol. The fourth-order valence-electron chi connectivity index (χ4n) is 1.66. The number of carbonyl (C=O) groups is 1. The van der Waals surface area contributed by atoms with Gasteiger partial charge in [-0.25, -0.2) is 4.79 Å². The molecule has 0 aliphatic carbocycles. The van der Waals surface area contributed by atoms with Gasteiger partial charge in [-0.1, -0.05) is 27.4 Å². The number of esters is 1. The lowest BCUT2D eigenvalue weighted by Gasteiger charge is -2.35. The molecule has 0 saturated heterocycles. The molecular formula is C13H24O4. The predicted molar refractivity (Wildman–Crippen MR) is 66.4 cm³/mol. The van der Waals surface area contributed by atoms with Crippen molar-refractivity contribution in [2.75, 3.05) is 13.2 Å². The molecule has 4 nitrogen and oxygen atoms in total. The van der Waals surface area contributed by atoms with Crippen LogP contribution in [0.25, 0.3) is 0 Å². The number of hydrogen-bond donors (Lipinski definition) is 2. The van der Waals surface area contributed by atoms with Crippen LogP contribution in [-0.4, -0.2) is 35.5 Å². The van der Waals surface area contributed by atoms with Crippen LogP contribution < -0.4 is 0 Å². The minimum Gasteiger partial charge on any atom is -0.463 e. The first-order chi connectivity index (χ1) is 7.91. The molecule has 0 aromatic heterocycles. The van der Waals surface area contributed by atoms with Crippen molar-refractivity contribution >= 4 is 5.97 Å². The van der Waals surface area contributed by atoms with E-state index in [1.807, 2.05) is 20.8 Å². The van der Waals surface area contributed by atoms with Gasteiger partial charge in [0.1, 0.15) is 0 Å². The summed E-state index contributed by atoms with van der Waals surface area (Å²) in [5, 5.41) is 19.4. The average Bonchev–Trinajstić information content (AvgIpc) is 2.36. The molecule has 0 saturated carbocycles. The van der Waals surface area contributed by atoms with Gasteiger partial charge < -0.3 is 14.9 Å². The molecule has 3 unspecified atom stereocenters. The summed E-state index contributed by atoms with van der Waals surface area (Å²) in [6.45, 7) is 9.18. The van der Waals surface area contributed by atoms with Gasteiger partial charge in [-0.05, 0) is 18.8 Å². The topological polar surface area (TPSA) is 66.8 Å². The van der Waals surface area contributed by atoms with Gasteiger partial charge in [0.2, 0.25) is 0 Å². The maximum Gasteiger partial charge on any atom is 0.330 e.